The highest BCUT2D eigenvalue weighted by molar-refractivity contribution is 6.31. The van der Waals surface area contributed by atoms with E-state index in [9.17, 15) is 4.79 Å². The van der Waals surface area contributed by atoms with Gasteiger partial charge in [0.05, 0.1) is 0 Å². The molecule has 0 bridgehead atoms. The molecule has 0 amide bonds. The van der Waals surface area contributed by atoms with E-state index in [-0.39, 0.29) is 5.02 Å². The Morgan fingerprint density at radius 1 is 1.33 bits per heavy atom. The Morgan fingerprint density at radius 2 is 2.08 bits per heavy atom. The molecular weight excluding hydrogens is 328 g/mol. The van der Waals surface area contributed by atoms with Gasteiger partial charge in [-0.05, 0) is 36.6 Å². The molecule has 0 atom stereocenters. The normalized spacial score (nSPS) is 11.4. The van der Waals surface area contributed by atoms with Crippen LogP contribution < -0.4 is 10.4 Å². The summed E-state index contributed by atoms with van der Waals surface area (Å²) in [6.07, 6.45) is 0. The van der Waals surface area contributed by atoms with Gasteiger partial charge in [0.15, 0.2) is 0 Å². The molecule has 0 unspecified atom stereocenters. The van der Waals surface area contributed by atoms with E-state index < -0.39 is 5.63 Å². The van der Waals surface area contributed by atoms with E-state index >= 15 is 0 Å². The molecule has 3 rings (SSSR count). The Balaban J connectivity index is 1.84. The summed E-state index contributed by atoms with van der Waals surface area (Å²) in [5.41, 5.74) is 2.65. The fourth-order valence-electron chi connectivity index (χ4n) is 2.71. The Hall–Kier alpha value is -2.27. The van der Waals surface area contributed by atoms with E-state index in [4.69, 9.17) is 20.8 Å². The van der Waals surface area contributed by atoms with E-state index in [0.717, 1.165) is 16.8 Å². The molecule has 2 aromatic heterocycles. The van der Waals surface area contributed by atoms with E-state index in [1.165, 1.54) is 0 Å². The van der Waals surface area contributed by atoms with Gasteiger partial charge in [0.2, 0.25) is 0 Å². The van der Waals surface area contributed by atoms with Crippen LogP contribution in [0.15, 0.2) is 33.5 Å². The third kappa shape index (κ3) is 3.04. The number of aromatic nitrogens is 2. The van der Waals surface area contributed by atoms with Crippen LogP contribution in [-0.4, -0.2) is 9.78 Å². The molecule has 0 radical (unpaired) electrons. The quantitative estimate of drug-likeness (QED) is 0.664. The van der Waals surface area contributed by atoms with Crippen LogP contribution in [0.25, 0.3) is 11.0 Å². The van der Waals surface area contributed by atoms with Gasteiger partial charge in [0.25, 0.3) is 0 Å². The molecule has 3 aromatic rings. The van der Waals surface area contributed by atoms with Crippen LogP contribution in [0.4, 0.5) is 0 Å². The lowest BCUT2D eigenvalue weighted by molar-refractivity contribution is 0.300. The van der Waals surface area contributed by atoms with Gasteiger partial charge in [-0.3, -0.25) is 4.68 Å². The zero-order chi connectivity index (χ0) is 17.4. The van der Waals surface area contributed by atoms with Gasteiger partial charge < -0.3 is 9.15 Å². The second kappa shape index (κ2) is 6.32. The van der Waals surface area contributed by atoms with Crippen molar-refractivity contribution < 1.29 is 9.15 Å². The molecule has 5 nitrogen and oxygen atoms in total. The number of nitrogens with zero attached hydrogens (tertiary/aromatic N) is 2. The number of hydrogen-bond donors (Lipinski definition) is 0. The lowest BCUT2D eigenvalue weighted by Crippen LogP contribution is -2.02. The first-order chi connectivity index (χ1) is 11.4. The maximum atomic E-state index is 11.7. The molecule has 1 aromatic carbocycles. The topological polar surface area (TPSA) is 57.3 Å². The van der Waals surface area contributed by atoms with Crippen LogP contribution in [0.3, 0.4) is 0 Å². The first-order valence-corrected chi connectivity index (χ1v) is 8.13. The highest BCUT2D eigenvalue weighted by Crippen LogP contribution is 2.26. The summed E-state index contributed by atoms with van der Waals surface area (Å²) in [4.78, 5) is 11.7. The molecule has 24 heavy (non-hydrogen) atoms. The average molecular weight is 347 g/mol. The predicted octanol–water partition coefficient (Wildman–Crippen LogP) is 4.19. The molecule has 0 aliphatic heterocycles. The largest absolute Gasteiger partial charge is 0.487 e. The van der Waals surface area contributed by atoms with Crippen LogP contribution in [-0.2, 0) is 13.7 Å². The molecule has 0 aliphatic rings. The minimum atomic E-state index is -0.537. The fourth-order valence-corrected chi connectivity index (χ4v) is 2.85. The molecule has 126 valence electrons. The van der Waals surface area contributed by atoms with E-state index in [1.807, 2.05) is 29.9 Å². The Labute approximate surface area is 144 Å². The zero-order valence-corrected chi connectivity index (χ0v) is 14.8. The molecule has 0 saturated carbocycles. The van der Waals surface area contributed by atoms with Crippen molar-refractivity contribution in [2.24, 2.45) is 7.05 Å². The number of rotatable bonds is 4. The second-order valence-corrected chi connectivity index (χ2v) is 6.49. The van der Waals surface area contributed by atoms with Crippen LogP contribution in [0.5, 0.6) is 5.75 Å². The molecule has 6 heteroatoms. The number of halogens is 1. The van der Waals surface area contributed by atoms with Gasteiger partial charge >= 0.3 is 5.63 Å². The van der Waals surface area contributed by atoms with Crippen LogP contribution in [0.2, 0.25) is 5.02 Å². The maximum Gasteiger partial charge on any atom is 0.355 e. The van der Waals surface area contributed by atoms with Gasteiger partial charge in [-0.1, -0.05) is 25.4 Å². The summed E-state index contributed by atoms with van der Waals surface area (Å²) >= 11 is 5.93. The van der Waals surface area contributed by atoms with Gasteiger partial charge in [0.1, 0.15) is 28.7 Å². The summed E-state index contributed by atoms with van der Waals surface area (Å²) in [6, 6.07) is 7.41. The Kier molecular flexibility index (Phi) is 4.37. The van der Waals surface area contributed by atoms with E-state index in [2.05, 4.69) is 18.9 Å². The van der Waals surface area contributed by atoms with Crippen molar-refractivity contribution in [2.45, 2.75) is 33.3 Å². The highest BCUT2D eigenvalue weighted by Gasteiger charge is 2.11. The SMILES string of the molecule is Cc1c(Cl)c(=O)oc2cc(OCc3cc(C(C)C)n(C)n3)ccc12. The first-order valence-electron chi connectivity index (χ1n) is 7.75. The van der Waals surface area contributed by atoms with Gasteiger partial charge in [-0.2, -0.15) is 5.10 Å². The van der Waals surface area contributed by atoms with E-state index in [0.29, 0.717) is 29.4 Å². The summed E-state index contributed by atoms with van der Waals surface area (Å²) < 4.78 is 12.9. The summed E-state index contributed by atoms with van der Waals surface area (Å²) in [6.45, 7) is 6.40. The minimum Gasteiger partial charge on any atom is -0.487 e. The lowest BCUT2D eigenvalue weighted by Gasteiger charge is -2.07. The third-order valence-corrected chi connectivity index (χ3v) is 4.45. The average Bonchev–Trinajstić information content (AvgIpc) is 2.92. The Morgan fingerprint density at radius 3 is 2.75 bits per heavy atom. The monoisotopic (exact) mass is 346 g/mol. The van der Waals surface area contributed by atoms with Gasteiger partial charge in [-0.15, -0.1) is 0 Å². The maximum absolute atomic E-state index is 11.7. The van der Waals surface area contributed by atoms with Crippen molar-refractivity contribution in [3.63, 3.8) is 0 Å². The number of hydrogen-bond acceptors (Lipinski definition) is 4. The smallest absolute Gasteiger partial charge is 0.355 e. The highest BCUT2D eigenvalue weighted by atomic mass is 35.5. The number of benzene rings is 1. The van der Waals surface area contributed by atoms with Gasteiger partial charge in [0, 0.05) is 24.2 Å². The Bertz CT molecular complexity index is 957. The van der Waals surface area contributed by atoms with Crippen molar-refractivity contribution in [1.29, 1.82) is 0 Å². The third-order valence-electron chi connectivity index (χ3n) is 4.01. The molecule has 0 fully saturated rings. The molecule has 0 N–H and O–H groups in total. The standard InChI is InChI=1S/C18H19ClN2O3/c1-10(2)15-7-12(20-21(15)4)9-23-13-5-6-14-11(3)17(19)18(22)24-16(14)8-13/h5-8,10H,9H2,1-4H3. The summed E-state index contributed by atoms with van der Waals surface area (Å²) in [5.74, 6) is 1.02. The van der Waals surface area contributed by atoms with Crippen molar-refractivity contribution in [3.8, 4) is 5.75 Å². The first kappa shape index (κ1) is 16.6. The van der Waals surface area contributed by atoms with E-state index in [1.54, 1.807) is 13.0 Å². The van der Waals surface area contributed by atoms with Crippen LogP contribution in [0.1, 0.15) is 36.7 Å². The van der Waals surface area contributed by atoms with Crippen molar-refractivity contribution in [3.05, 3.63) is 56.7 Å². The summed E-state index contributed by atoms with van der Waals surface area (Å²) in [5, 5.41) is 5.36. The molecule has 0 aliphatic carbocycles. The number of aryl methyl sites for hydroxylation is 2. The minimum absolute atomic E-state index is 0.117. The van der Waals surface area contributed by atoms with Crippen molar-refractivity contribution in [2.75, 3.05) is 0 Å². The predicted molar refractivity (Wildman–Crippen MR) is 93.9 cm³/mol. The zero-order valence-electron chi connectivity index (χ0n) is 14.1. The molecule has 0 saturated heterocycles. The van der Waals surface area contributed by atoms with Crippen LogP contribution in [0, 0.1) is 6.92 Å². The lowest BCUT2D eigenvalue weighted by atomic mass is 10.1. The van der Waals surface area contributed by atoms with Gasteiger partial charge in [-0.25, -0.2) is 4.79 Å². The number of ether oxygens (including phenoxy) is 1. The summed E-state index contributed by atoms with van der Waals surface area (Å²) in [7, 11) is 1.93. The molecular formula is C18H19ClN2O3. The van der Waals surface area contributed by atoms with Crippen molar-refractivity contribution >= 4 is 22.6 Å². The second-order valence-electron chi connectivity index (χ2n) is 6.11. The fraction of sp³-hybridized carbons (Fsp3) is 0.333. The van der Waals surface area contributed by atoms with Crippen LogP contribution >= 0.6 is 11.6 Å². The molecule has 0 spiro atoms. The number of fused-ring (bicyclic) bond motifs is 1. The molecule has 2 heterocycles. The van der Waals surface area contributed by atoms with Crippen molar-refractivity contribution in [1.82, 2.24) is 9.78 Å².